The fraction of sp³-hybridized carbons (Fsp3) is 0.389. The van der Waals surface area contributed by atoms with E-state index in [9.17, 15) is 13.2 Å². The molecule has 5 nitrogen and oxygen atoms in total. The molecule has 2 aromatic rings. The molecule has 7 heteroatoms. The van der Waals surface area contributed by atoms with Gasteiger partial charge in [0.15, 0.2) is 0 Å². The van der Waals surface area contributed by atoms with Gasteiger partial charge in [-0.2, -0.15) is 0 Å². The van der Waals surface area contributed by atoms with Crippen LogP contribution in [0.15, 0.2) is 28.5 Å². The lowest BCUT2D eigenvalue weighted by Crippen LogP contribution is -2.42. The number of benzene rings is 1. The SMILES string of the molecule is Cc1cc(C)c(S(=O)(=O)NCC(=O)N2CCc3sccc3C2)c(C)c1. The molecule has 1 aromatic heterocycles. The molecular formula is C18H22N2O3S2. The molecule has 3 rings (SSSR count). The summed E-state index contributed by atoms with van der Waals surface area (Å²) in [6.45, 7) is 6.47. The second-order valence-electron chi connectivity index (χ2n) is 6.49. The first-order valence-corrected chi connectivity index (χ1v) is 10.5. The van der Waals surface area contributed by atoms with Crippen molar-refractivity contribution >= 4 is 27.3 Å². The van der Waals surface area contributed by atoms with Gasteiger partial charge in [0, 0.05) is 18.0 Å². The minimum absolute atomic E-state index is 0.192. The van der Waals surface area contributed by atoms with Gasteiger partial charge < -0.3 is 4.90 Å². The predicted octanol–water partition coefficient (Wildman–Crippen LogP) is 2.54. The van der Waals surface area contributed by atoms with Crippen LogP contribution >= 0.6 is 11.3 Å². The molecule has 2 heterocycles. The Hall–Kier alpha value is -1.70. The molecule has 1 N–H and O–H groups in total. The molecule has 134 valence electrons. The van der Waals surface area contributed by atoms with Crippen LogP contribution in [0.3, 0.4) is 0 Å². The summed E-state index contributed by atoms with van der Waals surface area (Å²) in [6, 6.07) is 5.71. The van der Waals surface area contributed by atoms with Gasteiger partial charge >= 0.3 is 0 Å². The van der Waals surface area contributed by atoms with Crippen molar-refractivity contribution in [1.29, 1.82) is 0 Å². The highest BCUT2D eigenvalue weighted by Crippen LogP contribution is 2.24. The summed E-state index contributed by atoms with van der Waals surface area (Å²) in [4.78, 5) is 15.7. The second-order valence-corrected chi connectivity index (χ2v) is 9.19. The molecule has 0 radical (unpaired) electrons. The Morgan fingerprint density at radius 1 is 1.24 bits per heavy atom. The fourth-order valence-corrected chi connectivity index (χ4v) is 5.71. The number of nitrogens with one attached hydrogen (secondary N) is 1. The fourth-order valence-electron chi connectivity index (χ4n) is 3.39. The zero-order chi connectivity index (χ0) is 18.2. The Morgan fingerprint density at radius 3 is 2.60 bits per heavy atom. The van der Waals surface area contributed by atoms with E-state index in [1.165, 1.54) is 4.88 Å². The first kappa shape index (κ1) is 18.1. The van der Waals surface area contributed by atoms with Gasteiger partial charge in [0.1, 0.15) is 0 Å². The molecule has 1 aliphatic rings. The number of carbonyl (C=O) groups is 1. The van der Waals surface area contributed by atoms with E-state index in [1.54, 1.807) is 30.1 Å². The van der Waals surface area contributed by atoms with Crippen LogP contribution in [0.4, 0.5) is 0 Å². The molecule has 0 saturated carbocycles. The topological polar surface area (TPSA) is 66.5 Å². The zero-order valence-corrected chi connectivity index (χ0v) is 16.3. The van der Waals surface area contributed by atoms with Gasteiger partial charge in [-0.1, -0.05) is 17.7 Å². The summed E-state index contributed by atoms with van der Waals surface area (Å²) >= 11 is 1.71. The van der Waals surface area contributed by atoms with Crippen molar-refractivity contribution in [3.8, 4) is 0 Å². The van der Waals surface area contributed by atoms with E-state index >= 15 is 0 Å². The maximum atomic E-state index is 12.6. The second kappa shape index (κ2) is 6.90. The highest BCUT2D eigenvalue weighted by atomic mass is 32.2. The van der Waals surface area contributed by atoms with Crippen molar-refractivity contribution in [2.45, 2.75) is 38.6 Å². The standard InChI is InChI=1S/C18H22N2O3S2/c1-12-8-13(2)18(14(3)9-12)25(22,23)19-10-17(21)20-6-4-16-15(11-20)5-7-24-16/h5,7-9,19H,4,6,10-11H2,1-3H3. The number of amides is 1. The average molecular weight is 379 g/mol. The van der Waals surface area contributed by atoms with Crippen molar-refractivity contribution in [1.82, 2.24) is 9.62 Å². The summed E-state index contributed by atoms with van der Waals surface area (Å²) in [6.07, 6.45) is 0.835. The summed E-state index contributed by atoms with van der Waals surface area (Å²) < 4.78 is 27.8. The zero-order valence-electron chi connectivity index (χ0n) is 14.6. The molecule has 1 aliphatic heterocycles. The van der Waals surface area contributed by atoms with Crippen LogP contribution < -0.4 is 4.72 Å². The van der Waals surface area contributed by atoms with E-state index < -0.39 is 10.0 Å². The van der Waals surface area contributed by atoms with E-state index in [4.69, 9.17) is 0 Å². The maximum absolute atomic E-state index is 12.6. The molecule has 0 bridgehead atoms. The van der Waals surface area contributed by atoms with E-state index in [1.807, 2.05) is 30.5 Å². The van der Waals surface area contributed by atoms with Crippen LogP contribution in [0.1, 0.15) is 27.1 Å². The molecule has 1 amide bonds. The number of nitrogens with zero attached hydrogens (tertiary/aromatic N) is 1. The monoisotopic (exact) mass is 378 g/mol. The Labute approximate surface area is 152 Å². The highest BCUT2D eigenvalue weighted by molar-refractivity contribution is 7.89. The van der Waals surface area contributed by atoms with Crippen LogP contribution in [0.5, 0.6) is 0 Å². The van der Waals surface area contributed by atoms with Crippen LogP contribution in [0.2, 0.25) is 0 Å². The molecule has 0 fully saturated rings. The molecule has 25 heavy (non-hydrogen) atoms. The quantitative estimate of drug-likeness (QED) is 0.889. The first-order valence-electron chi connectivity index (χ1n) is 8.18. The lowest BCUT2D eigenvalue weighted by atomic mass is 10.1. The Morgan fingerprint density at radius 2 is 1.92 bits per heavy atom. The van der Waals surface area contributed by atoms with Gasteiger partial charge in [-0.25, -0.2) is 13.1 Å². The van der Waals surface area contributed by atoms with E-state index in [0.29, 0.717) is 24.2 Å². The van der Waals surface area contributed by atoms with Gasteiger partial charge in [-0.15, -0.1) is 11.3 Å². The van der Waals surface area contributed by atoms with E-state index in [-0.39, 0.29) is 17.3 Å². The third kappa shape index (κ3) is 3.78. The third-order valence-corrected chi connectivity index (χ3v) is 7.18. The first-order chi connectivity index (χ1) is 11.8. The van der Waals surface area contributed by atoms with Crippen molar-refractivity contribution < 1.29 is 13.2 Å². The molecule has 0 atom stereocenters. The number of hydrogen-bond donors (Lipinski definition) is 1. The number of sulfonamides is 1. The molecule has 0 spiro atoms. The molecular weight excluding hydrogens is 356 g/mol. The molecule has 0 saturated heterocycles. The van der Waals surface area contributed by atoms with Gasteiger partial charge in [-0.3, -0.25) is 4.79 Å². The number of aryl methyl sites for hydroxylation is 3. The van der Waals surface area contributed by atoms with Crippen LogP contribution in [0, 0.1) is 20.8 Å². The van der Waals surface area contributed by atoms with Gasteiger partial charge in [-0.05, 0) is 55.3 Å². The minimum Gasteiger partial charge on any atom is -0.337 e. The van der Waals surface area contributed by atoms with Crippen molar-refractivity contribution in [2.24, 2.45) is 0 Å². The van der Waals surface area contributed by atoms with E-state index in [0.717, 1.165) is 17.5 Å². The van der Waals surface area contributed by atoms with Gasteiger partial charge in [0.2, 0.25) is 15.9 Å². The molecule has 1 aromatic carbocycles. The van der Waals surface area contributed by atoms with Gasteiger partial charge in [0.05, 0.1) is 11.4 Å². The summed E-state index contributed by atoms with van der Waals surface area (Å²) in [7, 11) is -3.72. The number of carbonyl (C=O) groups excluding carboxylic acids is 1. The van der Waals surface area contributed by atoms with Crippen molar-refractivity contribution in [3.05, 3.63) is 50.7 Å². The normalized spacial score (nSPS) is 14.4. The van der Waals surface area contributed by atoms with E-state index in [2.05, 4.69) is 4.72 Å². The van der Waals surface area contributed by atoms with Crippen LogP contribution in [0.25, 0.3) is 0 Å². The number of thiophene rings is 1. The molecule has 0 aliphatic carbocycles. The summed E-state index contributed by atoms with van der Waals surface area (Å²) in [5, 5.41) is 2.03. The number of hydrogen-bond acceptors (Lipinski definition) is 4. The Kier molecular flexibility index (Phi) is 4.99. The van der Waals surface area contributed by atoms with Crippen molar-refractivity contribution in [3.63, 3.8) is 0 Å². The summed E-state index contributed by atoms with van der Waals surface area (Å²) in [5.41, 5.74) is 3.57. The lowest BCUT2D eigenvalue weighted by molar-refractivity contribution is -0.130. The number of rotatable bonds is 4. The minimum atomic E-state index is -3.72. The maximum Gasteiger partial charge on any atom is 0.241 e. The lowest BCUT2D eigenvalue weighted by Gasteiger charge is -2.27. The Balaban J connectivity index is 1.70. The van der Waals surface area contributed by atoms with Crippen LogP contribution in [-0.2, 0) is 27.8 Å². The van der Waals surface area contributed by atoms with Crippen LogP contribution in [-0.4, -0.2) is 32.3 Å². The largest absolute Gasteiger partial charge is 0.337 e. The average Bonchev–Trinajstić information content (AvgIpc) is 2.98. The number of fused-ring (bicyclic) bond motifs is 1. The molecule has 0 unspecified atom stereocenters. The third-order valence-electron chi connectivity index (χ3n) is 4.45. The predicted molar refractivity (Wildman–Crippen MR) is 99.3 cm³/mol. The van der Waals surface area contributed by atoms with Crippen molar-refractivity contribution in [2.75, 3.05) is 13.1 Å². The highest BCUT2D eigenvalue weighted by Gasteiger charge is 2.25. The van der Waals surface area contributed by atoms with Gasteiger partial charge in [0.25, 0.3) is 0 Å². The smallest absolute Gasteiger partial charge is 0.241 e. The Bertz CT molecular complexity index is 893. The summed E-state index contributed by atoms with van der Waals surface area (Å²) in [5.74, 6) is -0.192.